The summed E-state index contributed by atoms with van der Waals surface area (Å²) < 4.78 is 72.9. The van der Waals surface area contributed by atoms with Crippen molar-refractivity contribution in [3.05, 3.63) is 76.2 Å². The molecule has 1 aromatic heterocycles. The van der Waals surface area contributed by atoms with Gasteiger partial charge < -0.3 is 9.84 Å². The number of halogens is 3. The van der Waals surface area contributed by atoms with Crippen LogP contribution in [-0.4, -0.2) is 36.9 Å². The number of nitrogens with zero attached hydrogens (tertiary/aromatic N) is 2. The molecule has 1 atom stereocenters. The summed E-state index contributed by atoms with van der Waals surface area (Å²) >= 11 is 0. The summed E-state index contributed by atoms with van der Waals surface area (Å²) in [7, 11) is -4.07. The lowest BCUT2D eigenvalue weighted by atomic mass is 9.98. The van der Waals surface area contributed by atoms with Gasteiger partial charge in [0, 0.05) is 18.8 Å². The zero-order valence-corrected chi connectivity index (χ0v) is 22.0. The first-order valence-corrected chi connectivity index (χ1v) is 13.5. The fourth-order valence-electron chi connectivity index (χ4n) is 4.43. The summed E-state index contributed by atoms with van der Waals surface area (Å²) in [5, 5.41) is 6.36. The van der Waals surface area contributed by atoms with Crippen LogP contribution in [0.4, 0.5) is 18.9 Å². The third-order valence-corrected chi connectivity index (χ3v) is 8.52. The second-order valence-corrected chi connectivity index (χ2v) is 11.3. The number of alkyl halides is 3. The number of aryl methyl sites for hydroxylation is 3. The van der Waals surface area contributed by atoms with Crippen molar-refractivity contribution < 1.29 is 30.9 Å². The minimum absolute atomic E-state index is 0.00134. The number of hydrogen-bond donors (Lipinski definition) is 1. The predicted molar refractivity (Wildman–Crippen MR) is 138 cm³/mol. The van der Waals surface area contributed by atoms with Crippen LogP contribution >= 0.6 is 0 Å². The van der Waals surface area contributed by atoms with Crippen molar-refractivity contribution in [3.8, 4) is 0 Å². The Bertz CT molecular complexity index is 1480. The van der Waals surface area contributed by atoms with Crippen molar-refractivity contribution in [2.45, 2.75) is 44.7 Å². The lowest BCUT2D eigenvalue weighted by Gasteiger charge is -2.31. The maximum atomic E-state index is 13.6. The van der Waals surface area contributed by atoms with Gasteiger partial charge in [0.2, 0.25) is 15.9 Å². The zero-order chi connectivity index (χ0) is 27.7. The van der Waals surface area contributed by atoms with Crippen LogP contribution in [0.3, 0.4) is 0 Å². The second kappa shape index (κ2) is 10.7. The van der Waals surface area contributed by atoms with E-state index in [9.17, 15) is 26.4 Å². The van der Waals surface area contributed by atoms with Crippen molar-refractivity contribution >= 4 is 33.8 Å². The number of amides is 1. The molecule has 202 valence electrons. The van der Waals surface area contributed by atoms with Gasteiger partial charge in [-0.05, 0) is 69.0 Å². The topological polar surface area (TPSA) is 92.5 Å². The number of aromatic nitrogens is 1. The normalized spacial score (nSPS) is 17.2. The Morgan fingerprint density at radius 1 is 1.13 bits per heavy atom. The van der Waals surface area contributed by atoms with Crippen LogP contribution in [-0.2, 0) is 21.0 Å². The molecule has 1 saturated heterocycles. The number of benzene rings is 2. The lowest BCUT2D eigenvalue weighted by molar-refractivity contribution is -0.137. The molecule has 1 aliphatic heterocycles. The molecule has 2 heterocycles. The standard InChI is InChI=1S/C27H28F3N3O4S/c1-17-9-10-18(2)20(14-17)11-12-24-25(19(3)32-37-24)38(35,36)33-13-5-6-21(16-33)26(34)31-23-8-4-7-22(15-23)27(28,29)30/h4,7-12,14-15,21H,5-6,13,16H2,1-3H3,(H,31,34)/b12-11+/t21-/m0/s1. The van der Waals surface area contributed by atoms with Crippen molar-refractivity contribution in [3.63, 3.8) is 0 Å². The Labute approximate surface area is 219 Å². The highest BCUT2D eigenvalue weighted by Crippen LogP contribution is 2.32. The fraction of sp³-hybridized carbons (Fsp3) is 0.333. The van der Waals surface area contributed by atoms with Crippen LogP contribution in [0.25, 0.3) is 12.2 Å². The highest BCUT2D eigenvalue weighted by molar-refractivity contribution is 7.89. The maximum Gasteiger partial charge on any atom is 0.416 e. The molecular formula is C27H28F3N3O4S. The minimum atomic E-state index is -4.54. The van der Waals surface area contributed by atoms with Gasteiger partial charge in [-0.1, -0.05) is 41.1 Å². The molecule has 4 rings (SSSR count). The Balaban J connectivity index is 1.53. The highest BCUT2D eigenvalue weighted by atomic mass is 32.2. The van der Waals surface area contributed by atoms with Crippen LogP contribution in [0.5, 0.6) is 0 Å². The summed E-state index contributed by atoms with van der Waals surface area (Å²) in [4.78, 5) is 12.8. The molecule has 2 aromatic carbocycles. The van der Waals surface area contributed by atoms with E-state index in [2.05, 4.69) is 10.5 Å². The quantitative estimate of drug-likeness (QED) is 0.419. The number of piperidine rings is 1. The number of carbonyl (C=O) groups excluding carboxylic acids is 1. The van der Waals surface area contributed by atoms with E-state index in [0.717, 1.165) is 28.8 Å². The monoisotopic (exact) mass is 547 g/mol. The van der Waals surface area contributed by atoms with Crippen LogP contribution in [0, 0.1) is 26.7 Å². The van der Waals surface area contributed by atoms with Gasteiger partial charge in [0.1, 0.15) is 5.69 Å². The average molecular weight is 548 g/mol. The van der Waals surface area contributed by atoms with Gasteiger partial charge in [-0.25, -0.2) is 8.42 Å². The van der Waals surface area contributed by atoms with Gasteiger partial charge >= 0.3 is 6.18 Å². The molecule has 38 heavy (non-hydrogen) atoms. The predicted octanol–water partition coefficient (Wildman–Crippen LogP) is 5.83. The van der Waals surface area contributed by atoms with Crippen molar-refractivity contribution in [1.82, 2.24) is 9.46 Å². The molecule has 3 aromatic rings. The second-order valence-electron chi connectivity index (χ2n) is 9.42. The van der Waals surface area contributed by atoms with Crippen LogP contribution in [0.1, 0.15) is 46.5 Å². The summed E-state index contributed by atoms with van der Waals surface area (Å²) in [5.74, 6) is -1.19. The SMILES string of the molecule is Cc1ccc(C)c(/C=C/c2onc(C)c2S(=O)(=O)N2CCC[C@H](C(=O)Nc3cccc(C(F)(F)F)c3)C2)c1. The maximum absolute atomic E-state index is 13.6. The molecule has 0 aliphatic carbocycles. The van der Waals surface area contributed by atoms with Gasteiger partial charge in [-0.2, -0.15) is 17.5 Å². The molecule has 0 bridgehead atoms. The number of hydrogen-bond acceptors (Lipinski definition) is 5. The van der Waals surface area contributed by atoms with Crippen molar-refractivity contribution in [2.24, 2.45) is 5.92 Å². The molecule has 1 fully saturated rings. The molecule has 0 spiro atoms. The van der Waals surface area contributed by atoms with E-state index in [1.165, 1.54) is 23.4 Å². The van der Waals surface area contributed by atoms with E-state index in [1.807, 2.05) is 32.0 Å². The molecule has 1 aliphatic rings. The lowest BCUT2D eigenvalue weighted by Crippen LogP contribution is -2.43. The van der Waals surface area contributed by atoms with Crippen LogP contribution < -0.4 is 5.32 Å². The third-order valence-electron chi connectivity index (χ3n) is 6.49. The number of anilines is 1. The summed E-state index contributed by atoms with van der Waals surface area (Å²) in [6, 6.07) is 10.3. The molecule has 0 radical (unpaired) electrons. The summed E-state index contributed by atoms with van der Waals surface area (Å²) in [6.45, 7) is 5.52. The smallest absolute Gasteiger partial charge is 0.355 e. The summed E-state index contributed by atoms with van der Waals surface area (Å²) in [6.07, 6.45) is -0.396. The van der Waals surface area contributed by atoms with Crippen LogP contribution in [0.15, 0.2) is 51.9 Å². The minimum Gasteiger partial charge on any atom is -0.355 e. The molecule has 11 heteroatoms. The number of sulfonamides is 1. The number of rotatable bonds is 6. The van der Waals surface area contributed by atoms with Gasteiger partial charge in [0.25, 0.3) is 0 Å². The molecule has 1 N–H and O–H groups in total. The molecular weight excluding hydrogens is 519 g/mol. The van der Waals surface area contributed by atoms with Gasteiger partial charge in [0.05, 0.1) is 11.5 Å². The van der Waals surface area contributed by atoms with E-state index < -0.39 is 33.6 Å². The fourth-order valence-corrected chi connectivity index (χ4v) is 6.20. The third kappa shape index (κ3) is 5.99. The first-order valence-electron chi connectivity index (χ1n) is 12.1. The first-order chi connectivity index (χ1) is 17.9. The van der Waals surface area contributed by atoms with Crippen molar-refractivity contribution in [1.29, 1.82) is 0 Å². The largest absolute Gasteiger partial charge is 0.416 e. The summed E-state index contributed by atoms with van der Waals surface area (Å²) in [5.41, 5.74) is 2.29. The van der Waals surface area contributed by atoms with Crippen molar-refractivity contribution in [2.75, 3.05) is 18.4 Å². The Morgan fingerprint density at radius 3 is 2.63 bits per heavy atom. The molecule has 7 nitrogen and oxygen atoms in total. The Kier molecular flexibility index (Phi) is 7.80. The molecule has 1 amide bonds. The van der Waals surface area contributed by atoms with Crippen LogP contribution in [0.2, 0.25) is 0 Å². The van der Waals surface area contributed by atoms with Gasteiger partial charge in [0.15, 0.2) is 10.7 Å². The van der Waals surface area contributed by atoms with E-state index in [-0.39, 0.29) is 35.1 Å². The molecule has 0 saturated carbocycles. The van der Waals surface area contributed by atoms with E-state index in [4.69, 9.17) is 4.52 Å². The van der Waals surface area contributed by atoms with Gasteiger partial charge in [-0.15, -0.1) is 0 Å². The number of carbonyl (C=O) groups is 1. The number of nitrogens with one attached hydrogen (secondary N) is 1. The van der Waals surface area contributed by atoms with Gasteiger partial charge in [-0.3, -0.25) is 4.79 Å². The zero-order valence-electron chi connectivity index (χ0n) is 21.2. The Morgan fingerprint density at radius 2 is 1.89 bits per heavy atom. The Hall–Kier alpha value is -3.44. The highest BCUT2D eigenvalue weighted by Gasteiger charge is 2.37. The average Bonchev–Trinajstić information content (AvgIpc) is 3.25. The van der Waals surface area contributed by atoms with E-state index in [1.54, 1.807) is 12.2 Å². The molecule has 0 unspecified atom stereocenters. The first kappa shape index (κ1) is 27.6. The van der Waals surface area contributed by atoms with E-state index >= 15 is 0 Å². The van der Waals surface area contributed by atoms with E-state index in [0.29, 0.717) is 12.8 Å².